The molecule has 1 amide bonds. The average molecular weight is 333 g/mol. The highest BCUT2D eigenvalue weighted by Crippen LogP contribution is 2.18. The van der Waals surface area contributed by atoms with Crippen molar-refractivity contribution in [2.24, 2.45) is 5.92 Å². The number of nitrogens with one attached hydrogen (secondary N) is 1. The summed E-state index contributed by atoms with van der Waals surface area (Å²) in [6, 6.07) is 5.77. The number of halogens is 2. The number of hydrogen-bond acceptors (Lipinski definition) is 1. The average Bonchev–Trinajstić information content (AvgIpc) is 2.37. The quantitative estimate of drug-likeness (QED) is 0.779. The lowest BCUT2D eigenvalue weighted by Crippen LogP contribution is -2.29. The van der Waals surface area contributed by atoms with Crippen LogP contribution in [0.25, 0.3) is 0 Å². The molecule has 4 heteroatoms. The first kappa shape index (κ1) is 15.5. The molecule has 0 bridgehead atoms. The fourth-order valence-electron chi connectivity index (χ4n) is 1.75. The van der Waals surface area contributed by atoms with Crippen molar-refractivity contribution in [3.05, 3.63) is 33.8 Å². The van der Waals surface area contributed by atoms with E-state index < -0.39 is 0 Å². The van der Waals surface area contributed by atoms with E-state index in [1.807, 2.05) is 25.1 Å². The minimum Gasteiger partial charge on any atom is -0.352 e. The molecule has 0 radical (unpaired) electrons. The molecule has 0 spiro atoms. The van der Waals surface area contributed by atoms with Crippen molar-refractivity contribution >= 4 is 33.4 Å². The SMILES string of the molecule is CCC(CCCl)CNC(=O)c1cc(C)ccc1Br. The normalized spacial score (nSPS) is 12.2. The van der Waals surface area contributed by atoms with E-state index in [0.29, 0.717) is 23.9 Å². The van der Waals surface area contributed by atoms with Gasteiger partial charge in [0.15, 0.2) is 0 Å². The second kappa shape index (κ2) is 7.80. The molecule has 0 heterocycles. The van der Waals surface area contributed by atoms with E-state index >= 15 is 0 Å². The van der Waals surface area contributed by atoms with Crippen LogP contribution in [-0.4, -0.2) is 18.3 Å². The molecule has 2 nitrogen and oxygen atoms in total. The largest absolute Gasteiger partial charge is 0.352 e. The molecule has 1 N–H and O–H groups in total. The van der Waals surface area contributed by atoms with E-state index in [1.54, 1.807) is 0 Å². The van der Waals surface area contributed by atoms with Gasteiger partial charge in [-0.2, -0.15) is 0 Å². The van der Waals surface area contributed by atoms with Crippen molar-refractivity contribution in [2.75, 3.05) is 12.4 Å². The Hall–Kier alpha value is -0.540. The Balaban J connectivity index is 2.62. The van der Waals surface area contributed by atoms with Gasteiger partial charge in [0.2, 0.25) is 0 Å². The van der Waals surface area contributed by atoms with Crippen LogP contribution in [0.15, 0.2) is 22.7 Å². The van der Waals surface area contributed by atoms with Gasteiger partial charge in [-0.25, -0.2) is 0 Å². The number of alkyl halides is 1. The summed E-state index contributed by atoms with van der Waals surface area (Å²) in [5.41, 5.74) is 1.77. The molecular formula is C14H19BrClNO. The highest BCUT2D eigenvalue weighted by molar-refractivity contribution is 9.10. The van der Waals surface area contributed by atoms with Crippen molar-refractivity contribution in [1.29, 1.82) is 0 Å². The maximum Gasteiger partial charge on any atom is 0.252 e. The van der Waals surface area contributed by atoms with Gasteiger partial charge in [0.05, 0.1) is 5.56 Å². The summed E-state index contributed by atoms with van der Waals surface area (Å²) in [4.78, 5) is 12.1. The molecule has 100 valence electrons. The van der Waals surface area contributed by atoms with Gasteiger partial charge in [0.1, 0.15) is 0 Å². The Labute approximate surface area is 122 Å². The number of rotatable bonds is 6. The molecule has 0 aliphatic carbocycles. The maximum absolute atomic E-state index is 12.1. The summed E-state index contributed by atoms with van der Waals surface area (Å²) in [6.07, 6.45) is 1.97. The summed E-state index contributed by atoms with van der Waals surface area (Å²) in [5, 5.41) is 2.98. The number of aryl methyl sites for hydroxylation is 1. The zero-order valence-electron chi connectivity index (χ0n) is 10.8. The van der Waals surface area contributed by atoms with Crippen molar-refractivity contribution in [3.8, 4) is 0 Å². The van der Waals surface area contributed by atoms with Crippen LogP contribution >= 0.6 is 27.5 Å². The molecule has 1 unspecified atom stereocenters. The van der Waals surface area contributed by atoms with Gasteiger partial charge in [0, 0.05) is 16.9 Å². The van der Waals surface area contributed by atoms with Crippen LogP contribution in [0.4, 0.5) is 0 Å². The van der Waals surface area contributed by atoms with Crippen molar-refractivity contribution in [2.45, 2.75) is 26.7 Å². The molecule has 0 aliphatic heterocycles. The number of amides is 1. The Morgan fingerprint density at radius 1 is 1.50 bits per heavy atom. The second-order valence-electron chi connectivity index (χ2n) is 4.45. The lowest BCUT2D eigenvalue weighted by atomic mass is 10.0. The third-order valence-corrected chi connectivity index (χ3v) is 3.92. The summed E-state index contributed by atoms with van der Waals surface area (Å²) < 4.78 is 0.830. The van der Waals surface area contributed by atoms with E-state index in [9.17, 15) is 4.79 Å². The molecule has 1 aromatic rings. The van der Waals surface area contributed by atoms with Crippen LogP contribution in [0, 0.1) is 12.8 Å². The minimum absolute atomic E-state index is 0.0291. The molecule has 1 rings (SSSR count). The van der Waals surface area contributed by atoms with Gasteiger partial charge in [0.25, 0.3) is 5.91 Å². The Bertz CT molecular complexity index is 409. The molecule has 0 aliphatic rings. The molecule has 1 atom stereocenters. The minimum atomic E-state index is -0.0291. The van der Waals surface area contributed by atoms with E-state index in [2.05, 4.69) is 28.2 Å². The van der Waals surface area contributed by atoms with Crippen molar-refractivity contribution in [1.82, 2.24) is 5.32 Å². The first-order chi connectivity index (χ1) is 8.58. The lowest BCUT2D eigenvalue weighted by Gasteiger charge is -2.14. The van der Waals surface area contributed by atoms with E-state index in [1.165, 1.54) is 0 Å². The maximum atomic E-state index is 12.1. The van der Waals surface area contributed by atoms with Crippen LogP contribution in [-0.2, 0) is 0 Å². The number of hydrogen-bond donors (Lipinski definition) is 1. The van der Waals surface area contributed by atoms with Gasteiger partial charge >= 0.3 is 0 Å². The Morgan fingerprint density at radius 3 is 2.83 bits per heavy atom. The predicted molar refractivity (Wildman–Crippen MR) is 80.3 cm³/mol. The van der Waals surface area contributed by atoms with Crippen LogP contribution in [0.5, 0.6) is 0 Å². The lowest BCUT2D eigenvalue weighted by molar-refractivity contribution is 0.0945. The van der Waals surface area contributed by atoms with Crippen LogP contribution in [0.2, 0.25) is 0 Å². The fraction of sp³-hybridized carbons (Fsp3) is 0.500. The van der Waals surface area contributed by atoms with Gasteiger partial charge in [-0.3, -0.25) is 4.79 Å². The van der Waals surface area contributed by atoms with Crippen LogP contribution in [0.1, 0.15) is 35.7 Å². The summed E-state index contributed by atoms with van der Waals surface area (Å²) in [7, 11) is 0. The predicted octanol–water partition coefficient (Wildman–Crippen LogP) is 4.14. The highest BCUT2D eigenvalue weighted by Gasteiger charge is 2.12. The molecule has 18 heavy (non-hydrogen) atoms. The summed E-state index contributed by atoms with van der Waals surface area (Å²) in [5.74, 6) is 1.07. The molecule has 0 saturated carbocycles. The standard InChI is InChI=1S/C14H19BrClNO/c1-3-11(6-7-16)9-17-14(18)12-8-10(2)4-5-13(12)15/h4-5,8,11H,3,6-7,9H2,1-2H3,(H,17,18). The molecule has 0 fully saturated rings. The van der Waals surface area contributed by atoms with E-state index in [0.717, 1.165) is 22.9 Å². The van der Waals surface area contributed by atoms with Crippen molar-refractivity contribution < 1.29 is 4.79 Å². The molecule has 0 saturated heterocycles. The summed E-state index contributed by atoms with van der Waals surface area (Å²) >= 11 is 9.14. The van der Waals surface area contributed by atoms with E-state index in [4.69, 9.17) is 11.6 Å². The number of benzene rings is 1. The van der Waals surface area contributed by atoms with Gasteiger partial charge in [-0.1, -0.05) is 25.0 Å². The monoisotopic (exact) mass is 331 g/mol. The fourth-order valence-corrected chi connectivity index (χ4v) is 2.49. The molecule has 0 aromatic heterocycles. The van der Waals surface area contributed by atoms with Crippen LogP contribution < -0.4 is 5.32 Å². The second-order valence-corrected chi connectivity index (χ2v) is 5.68. The summed E-state index contributed by atoms with van der Waals surface area (Å²) in [6.45, 7) is 4.78. The third-order valence-electron chi connectivity index (χ3n) is 3.01. The Kier molecular flexibility index (Phi) is 6.72. The van der Waals surface area contributed by atoms with Crippen LogP contribution in [0.3, 0.4) is 0 Å². The molecular weight excluding hydrogens is 314 g/mol. The smallest absolute Gasteiger partial charge is 0.252 e. The topological polar surface area (TPSA) is 29.1 Å². The zero-order chi connectivity index (χ0) is 13.5. The van der Waals surface area contributed by atoms with Gasteiger partial charge in [-0.05, 0) is 47.3 Å². The van der Waals surface area contributed by atoms with Crippen molar-refractivity contribution in [3.63, 3.8) is 0 Å². The number of carbonyl (C=O) groups excluding carboxylic acids is 1. The molecule has 1 aromatic carbocycles. The zero-order valence-corrected chi connectivity index (χ0v) is 13.1. The third kappa shape index (κ3) is 4.62. The van der Waals surface area contributed by atoms with E-state index in [-0.39, 0.29) is 5.91 Å². The first-order valence-electron chi connectivity index (χ1n) is 6.18. The van der Waals surface area contributed by atoms with Gasteiger partial charge in [-0.15, -0.1) is 11.6 Å². The highest BCUT2D eigenvalue weighted by atomic mass is 79.9. The number of carbonyl (C=O) groups is 1. The first-order valence-corrected chi connectivity index (χ1v) is 7.51. The Morgan fingerprint density at radius 2 is 2.22 bits per heavy atom. The van der Waals surface area contributed by atoms with Gasteiger partial charge < -0.3 is 5.32 Å².